The summed E-state index contributed by atoms with van der Waals surface area (Å²) in [6.07, 6.45) is 1.47. The van der Waals surface area contributed by atoms with Gasteiger partial charge in [0, 0.05) is 17.7 Å². The van der Waals surface area contributed by atoms with E-state index in [-0.39, 0.29) is 23.2 Å². The summed E-state index contributed by atoms with van der Waals surface area (Å²) in [4.78, 5) is 39.3. The second-order valence-corrected chi connectivity index (χ2v) is 7.08. The Balaban J connectivity index is 1.59. The number of ether oxygens (including phenoxy) is 2. The van der Waals surface area contributed by atoms with Crippen LogP contribution in [0, 0.1) is 0 Å². The normalized spacial score (nSPS) is 12.7. The molecule has 1 N–H and O–H groups in total. The quantitative estimate of drug-likeness (QED) is 0.582. The third-order valence-corrected chi connectivity index (χ3v) is 5.14. The van der Waals surface area contributed by atoms with Crippen LogP contribution in [0.2, 0.25) is 5.02 Å². The lowest BCUT2D eigenvalue weighted by Gasteiger charge is -2.13. The van der Waals surface area contributed by atoms with Crippen LogP contribution in [0.25, 0.3) is 0 Å². The smallest absolute Gasteiger partial charge is 0.261 e. The minimum atomic E-state index is -0.491. The van der Waals surface area contributed by atoms with Gasteiger partial charge in [0.1, 0.15) is 17.3 Å². The van der Waals surface area contributed by atoms with Crippen molar-refractivity contribution in [1.82, 2.24) is 4.90 Å². The van der Waals surface area contributed by atoms with Crippen LogP contribution in [0.15, 0.2) is 53.1 Å². The van der Waals surface area contributed by atoms with E-state index in [4.69, 9.17) is 25.5 Å². The summed E-state index contributed by atoms with van der Waals surface area (Å²) in [6.45, 7) is 0.0165. The van der Waals surface area contributed by atoms with Crippen LogP contribution in [0.1, 0.15) is 36.8 Å². The zero-order chi connectivity index (χ0) is 22.1. The number of hydrogen-bond donors (Lipinski definition) is 1. The number of nitrogens with zero attached hydrogens (tertiary/aromatic N) is 1. The van der Waals surface area contributed by atoms with Crippen LogP contribution in [0.5, 0.6) is 11.5 Å². The minimum Gasteiger partial charge on any atom is -0.495 e. The first-order chi connectivity index (χ1) is 14.9. The number of rotatable bonds is 6. The Morgan fingerprint density at radius 2 is 1.77 bits per heavy atom. The summed E-state index contributed by atoms with van der Waals surface area (Å²) >= 11 is 6.09. The molecule has 2 aromatic carbocycles. The zero-order valence-electron chi connectivity index (χ0n) is 16.6. The minimum absolute atomic E-state index is 0.0165. The van der Waals surface area contributed by atoms with Crippen molar-refractivity contribution in [1.29, 1.82) is 0 Å². The number of hydrogen-bond acceptors (Lipinski definition) is 6. The van der Waals surface area contributed by atoms with Crippen LogP contribution in [-0.2, 0) is 6.54 Å². The largest absolute Gasteiger partial charge is 0.495 e. The Kier molecular flexibility index (Phi) is 5.39. The summed E-state index contributed by atoms with van der Waals surface area (Å²) < 4.78 is 15.7. The second-order valence-electron chi connectivity index (χ2n) is 6.68. The molecule has 0 atom stereocenters. The predicted octanol–water partition coefficient (Wildman–Crippen LogP) is 4.00. The number of fused-ring (bicyclic) bond motifs is 1. The van der Waals surface area contributed by atoms with Crippen molar-refractivity contribution in [2.45, 2.75) is 6.54 Å². The zero-order valence-corrected chi connectivity index (χ0v) is 17.4. The van der Waals surface area contributed by atoms with Gasteiger partial charge >= 0.3 is 0 Å². The lowest BCUT2D eigenvalue weighted by atomic mass is 10.1. The summed E-state index contributed by atoms with van der Waals surface area (Å²) in [5.74, 6) is -0.229. The van der Waals surface area contributed by atoms with E-state index in [0.29, 0.717) is 28.0 Å². The van der Waals surface area contributed by atoms with Gasteiger partial charge in [-0.1, -0.05) is 11.6 Å². The number of benzene rings is 2. The maximum atomic E-state index is 12.8. The SMILES string of the molecule is COc1cc(NC(=O)c2ccc3c(c2)C(=O)N(Cc2ccco2)C3=O)c(OC)cc1Cl. The van der Waals surface area contributed by atoms with Gasteiger partial charge in [-0.25, -0.2) is 0 Å². The van der Waals surface area contributed by atoms with Gasteiger partial charge in [0.15, 0.2) is 0 Å². The molecular weight excluding hydrogens is 424 g/mol. The Hall–Kier alpha value is -3.78. The van der Waals surface area contributed by atoms with Crippen LogP contribution < -0.4 is 14.8 Å². The Labute approximate surface area is 182 Å². The van der Waals surface area contributed by atoms with Gasteiger partial charge in [-0.15, -0.1) is 0 Å². The molecule has 0 bridgehead atoms. The summed E-state index contributed by atoms with van der Waals surface area (Å²) in [5.41, 5.74) is 0.940. The molecule has 3 amide bonds. The first-order valence-corrected chi connectivity index (χ1v) is 9.56. The van der Waals surface area contributed by atoms with E-state index < -0.39 is 17.7 Å². The summed E-state index contributed by atoms with van der Waals surface area (Å²) in [5, 5.41) is 3.05. The molecule has 0 aliphatic carbocycles. The molecule has 8 nitrogen and oxygen atoms in total. The molecule has 31 heavy (non-hydrogen) atoms. The average molecular weight is 441 g/mol. The molecule has 1 aliphatic rings. The maximum Gasteiger partial charge on any atom is 0.261 e. The van der Waals surface area contributed by atoms with Crippen molar-refractivity contribution in [2.75, 3.05) is 19.5 Å². The van der Waals surface area contributed by atoms with Gasteiger partial charge < -0.3 is 19.2 Å². The number of imide groups is 1. The highest BCUT2D eigenvalue weighted by Crippen LogP contribution is 2.36. The topological polar surface area (TPSA) is 98.1 Å². The highest BCUT2D eigenvalue weighted by Gasteiger charge is 2.36. The lowest BCUT2D eigenvalue weighted by Crippen LogP contribution is -2.28. The number of carbonyl (C=O) groups excluding carboxylic acids is 3. The number of nitrogens with one attached hydrogen (secondary N) is 1. The fourth-order valence-electron chi connectivity index (χ4n) is 3.29. The average Bonchev–Trinajstić information content (AvgIpc) is 3.37. The molecule has 1 aromatic heterocycles. The molecule has 0 unspecified atom stereocenters. The first-order valence-electron chi connectivity index (χ1n) is 9.18. The number of methoxy groups -OCH3 is 2. The third-order valence-electron chi connectivity index (χ3n) is 4.85. The number of anilines is 1. The first kappa shape index (κ1) is 20.5. The fraction of sp³-hybridized carbons (Fsp3) is 0.136. The molecule has 1 aliphatic heterocycles. The fourth-order valence-corrected chi connectivity index (χ4v) is 3.52. The van der Waals surface area contributed by atoms with Crippen LogP contribution in [0.4, 0.5) is 5.69 Å². The van der Waals surface area contributed by atoms with Crippen LogP contribution in [-0.4, -0.2) is 36.8 Å². The summed E-state index contributed by atoms with van der Waals surface area (Å²) in [6, 6.07) is 10.8. The van der Waals surface area contributed by atoms with E-state index in [1.165, 1.54) is 50.8 Å². The van der Waals surface area contributed by atoms with Gasteiger partial charge in [-0.2, -0.15) is 0 Å². The van der Waals surface area contributed by atoms with Gasteiger partial charge in [0.25, 0.3) is 17.7 Å². The maximum absolute atomic E-state index is 12.8. The third kappa shape index (κ3) is 3.73. The Morgan fingerprint density at radius 3 is 2.45 bits per heavy atom. The monoisotopic (exact) mass is 440 g/mol. The van der Waals surface area contributed by atoms with Crippen LogP contribution in [0.3, 0.4) is 0 Å². The Morgan fingerprint density at radius 1 is 1.03 bits per heavy atom. The summed E-state index contributed by atoms with van der Waals surface area (Å²) in [7, 11) is 2.90. The molecule has 0 fully saturated rings. The van der Waals surface area contributed by atoms with Gasteiger partial charge in [0.2, 0.25) is 0 Å². The number of carbonyl (C=O) groups is 3. The molecule has 0 saturated heterocycles. The molecule has 9 heteroatoms. The highest BCUT2D eigenvalue weighted by molar-refractivity contribution is 6.32. The molecule has 2 heterocycles. The van der Waals surface area contributed by atoms with Gasteiger partial charge in [0.05, 0.1) is 48.9 Å². The van der Waals surface area contributed by atoms with Gasteiger partial charge in [-0.05, 0) is 30.3 Å². The number of amides is 3. The molecule has 0 radical (unpaired) electrons. The van der Waals surface area contributed by atoms with E-state index in [1.54, 1.807) is 12.1 Å². The Bertz CT molecular complexity index is 1190. The number of halogens is 1. The molecule has 3 aromatic rings. The standard InChI is InChI=1S/C22H17ClN2O6/c1-29-18-10-17(19(30-2)9-16(18)23)24-20(26)12-5-6-14-15(8-12)22(28)25(21(14)27)11-13-4-3-7-31-13/h3-10H,11H2,1-2H3,(H,24,26). The van der Waals surface area contributed by atoms with Crippen molar-refractivity contribution >= 4 is 35.0 Å². The highest BCUT2D eigenvalue weighted by atomic mass is 35.5. The van der Waals surface area contributed by atoms with E-state index in [1.807, 2.05) is 0 Å². The van der Waals surface area contributed by atoms with E-state index in [0.717, 1.165) is 4.90 Å². The van der Waals surface area contributed by atoms with E-state index >= 15 is 0 Å². The van der Waals surface area contributed by atoms with Crippen molar-refractivity contribution in [3.63, 3.8) is 0 Å². The van der Waals surface area contributed by atoms with Crippen molar-refractivity contribution < 1.29 is 28.3 Å². The van der Waals surface area contributed by atoms with Crippen molar-refractivity contribution in [3.05, 3.63) is 76.2 Å². The molecule has 0 spiro atoms. The molecule has 158 valence electrons. The van der Waals surface area contributed by atoms with E-state index in [2.05, 4.69) is 5.32 Å². The lowest BCUT2D eigenvalue weighted by molar-refractivity contribution is 0.0631. The van der Waals surface area contributed by atoms with Crippen LogP contribution >= 0.6 is 11.6 Å². The predicted molar refractivity (Wildman–Crippen MR) is 112 cm³/mol. The molecule has 0 saturated carbocycles. The second kappa shape index (κ2) is 8.16. The number of furan rings is 1. The van der Waals surface area contributed by atoms with Crippen molar-refractivity contribution in [3.8, 4) is 11.5 Å². The van der Waals surface area contributed by atoms with E-state index in [9.17, 15) is 14.4 Å². The van der Waals surface area contributed by atoms with Gasteiger partial charge in [-0.3, -0.25) is 19.3 Å². The van der Waals surface area contributed by atoms with Crippen molar-refractivity contribution in [2.24, 2.45) is 0 Å². The molecule has 4 rings (SSSR count). The molecular formula is C22H17ClN2O6.